The number of rotatable bonds is 3. The van der Waals surface area contributed by atoms with Gasteiger partial charge in [0.2, 0.25) is 0 Å². The van der Waals surface area contributed by atoms with Gasteiger partial charge in [0.25, 0.3) is 11.6 Å². The molecule has 0 saturated carbocycles. The molecular weight excluding hydrogens is 294 g/mol. The zero-order chi connectivity index (χ0) is 14.8. The summed E-state index contributed by atoms with van der Waals surface area (Å²) in [6.45, 7) is 0. The van der Waals surface area contributed by atoms with Gasteiger partial charge < -0.3 is 0 Å². The van der Waals surface area contributed by atoms with Crippen LogP contribution in [-0.4, -0.2) is 25.8 Å². The van der Waals surface area contributed by atoms with Crippen molar-refractivity contribution in [2.75, 3.05) is 5.32 Å². The highest BCUT2D eigenvalue weighted by atomic mass is 32.1. The molecule has 1 amide bonds. The largest absolute Gasteiger partial charge is 0.298 e. The second-order valence-corrected chi connectivity index (χ2v) is 5.04. The van der Waals surface area contributed by atoms with Crippen molar-refractivity contribution < 1.29 is 9.72 Å². The van der Waals surface area contributed by atoms with Crippen LogP contribution < -0.4 is 5.32 Å². The van der Waals surface area contributed by atoms with Gasteiger partial charge in [-0.15, -0.1) is 0 Å². The fraction of sp³-hybridized carbons (Fsp3) is 0. The summed E-state index contributed by atoms with van der Waals surface area (Å²) in [6.07, 6.45) is 4.11. The van der Waals surface area contributed by atoms with E-state index in [1.807, 2.05) is 0 Å². The lowest BCUT2D eigenvalue weighted by Gasteiger charge is -1.99. The van der Waals surface area contributed by atoms with Crippen molar-refractivity contribution in [3.8, 4) is 0 Å². The lowest BCUT2D eigenvalue weighted by Crippen LogP contribution is -2.12. The average molecular weight is 301 g/mol. The van der Waals surface area contributed by atoms with Crippen LogP contribution in [0, 0.1) is 10.1 Å². The SMILES string of the molecule is O=C(Nc1nc2ccc([N+](=O)[O-])cc2s1)c1cncnc1. The summed E-state index contributed by atoms with van der Waals surface area (Å²) in [7, 11) is 0. The Hall–Kier alpha value is -2.94. The summed E-state index contributed by atoms with van der Waals surface area (Å²) in [5.74, 6) is -0.385. The first kappa shape index (κ1) is 13.1. The summed E-state index contributed by atoms with van der Waals surface area (Å²) in [5, 5.41) is 13.7. The highest BCUT2D eigenvalue weighted by Gasteiger charge is 2.13. The smallest absolute Gasteiger partial charge is 0.270 e. The molecule has 0 saturated heterocycles. The molecule has 0 fully saturated rings. The van der Waals surface area contributed by atoms with E-state index in [0.717, 1.165) is 11.3 Å². The standard InChI is InChI=1S/C12H7N5O3S/c18-11(7-4-13-6-14-5-7)16-12-15-9-2-1-8(17(19)20)3-10(9)21-12/h1-6H,(H,15,16,18). The number of hydrogen-bond donors (Lipinski definition) is 1. The van der Waals surface area contributed by atoms with Gasteiger partial charge in [-0.1, -0.05) is 11.3 Å². The van der Waals surface area contributed by atoms with Gasteiger partial charge in [0.1, 0.15) is 6.33 Å². The molecule has 2 aromatic heterocycles. The van der Waals surface area contributed by atoms with Crippen LogP contribution in [0.1, 0.15) is 10.4 Å². The van der Waals surface area contributed by atoms with Gasteiger partial charge in [0, 0.05) is 24.5 Å². The third-order valence-corrected chi connectivity index (χ3v) is 3.56. The Bertz CT molecular complexity index is 833. The molecule has 0 aliphatic heterocycles. The molecule has 0 spiro atoms. The van der Waals surface area contributed by atoms with Crippen molar-refractivity contribution in [3.05, 3.63) is 52.6 Å². The number of amides is 1. The summed E-state index contributed by atoms with van der Waals surface area (Å²) in [4.78, 5) is 33.9. The van der Waals surface area contributed by atoms with Crippen LogP contribution in [-0.2, 0) is 0 Å². The van der Waals surface area contributed by atoms with Crippen molar-refractivity contribution in [2.24, 2.45) is 0 Å². The maximum atomic E-state index is 11.9. The Morgan fingerprint density at radius 3 is 2.76 bits per heavy atom. The average Bonchev–Trinajstić information content (AvgIpc) is 2.89. The number of anilines is 1. The number of carbonyl (C=O) groups excluding carboxylic acids is 1. The number of nitro benzene ring substituents is 1. The van der Waals surface area contributed by atoms with E-state index < -0.39 is 4.92 Å². The number of hydrogen-bond acceptors (Lipinski definition) is 7. The van der Waals surface area contributed by atoms with Crippen molar-refractivity contribution in [1.82, 2.24) is 15.0 Å². The highest BCUT2D eigenvalue weighted by molar-refractivity contribution is 7.22. The third-order valence-electron chi connectivity index (χ3n) is 2.63. The fourth-order valence-corrected chi connectivity index (χ4v) is 2.56. The second kappa shape index (κ2) is 5.21. The zero-order valence-corrected chi connectivity index (χ0v) is 11.2. The van der Waals surface area contributed by atoms with Gasteiger partial charge in [-0.2, -0.15) is 0 Å². The highest BCUT2D eigenvalue weighted by Crippen LogP contribution is 2.29. The van der Waals surface area contributed by atoms with Crippen molar-refractivity contribution in [3.63, 3.8) is 0 Å². The Balaban J connectivity index is 1.88. The molecule has 9 heteroatoms. The molecule has 0 bridgehead atoms. The molecule has 1 N–H and O–H groups in total. The summed E-state index contributed by atoms with van der Waals surface area (Å²) in [5.41, 5.74) is 0.883. The fourth-order valence-electron chi connectivity index (χ4n) is 1.67. The van der Waals surface area contributed by atoms with E-state index in [1.54, 1.807) is 6.07 Å². The molecule has 0 radical (unpaired) electrons. The predicted octanol–water partition coefficient (Wildman–Crippen LogP) is 2.25. The normalized spacial score (nSPS) is 10.5. The Kier molecular flexibility index (Phi) is 3.24. The number of thiazole rings is 1. The molecule has 21 heavy (non-hydrogen) atoms. The lowest BCUT2D eigenvalue weighted by atomic mass is 10.3. The van der Waals surface area contributed by atoms with E-state index in [1.165, 1.54) is 30.9 Å². The maximum Gasteiger partial charge on any atom is 0.270 e. The number of aromatic nitrogens is 3. The maximum absolute atomic E-state index is 11.9. The van der Waals surface area contributed by atoms with Gasteiger partial charge in [0.15, 0.2) is 5.13 Å². The van der Waals surface area contributed by atoms with Crippen LogP contribution in [0.3, 0.4) is 0 Å². The van der Waals surface area contributed by atoms with E-state index in [4.69, 9.17) is 0 Å². The van der Waals surface area contributed by atoms with E-state index in [9.17, 15) is 14.9 Å². The molecule has 2 heterocycles. The monoisotopic (exact) mass is 301 g/mol. The molecule has 0 unspecified atom stereocenters. The molecular formula is C12H7N5O3S. The molecule has 3 aromatic rings. The minimum atomic E-state index is -0.473. The molecule has 3 rings (SSSR count). The topological polar surface area (TPSA) is 111 Å². The Morgan fingerprint density at radius 2 is 2.05 bits per heavy atom. The van der Waals surface area contributed by atoms with E-state index >= 15 is 0 Å². The summed E-state index contributed by atoms with van der Waals surface area (Å²) in [6, 6.07) is 4.35. The molecule has 1 aromatic carbocycles. The van der Waals surface area contributed by atoms with Crippen LogP contribution >= 0.6 is 11.3 Å². The van der Waals surface area contributed by atoms with Crippen LogP contribution in [0.15, 0.2) is 36.9 Å². The number of carbonyl (C=O) groups is 1. The minimum absolute atomic E-state index is 0.0134. The van der Waals surface area contributed by atoms with Crippen LogP contribution in [0.4, 0.5) is 10.8 Å². The number of nitro groups is 1. The molecule has 0 aliphatic rings. The molecule has 0 atom stereocenters. The number of nitrogens with one attached hydrogen (secondary N) is 1. The summed E-state index contributed by atoms with van der Waals surface area (Å²) < 4.78 is 0.629. The van der Waals surface area contributed by atoms with Gasteiger partial charge in [0.05, 0.1) is 20.7 Å². The van der Waals surface area contributed by atoms with Gasteiger partial charge in [-0.3, -0.25) is 20.2 Å². The van der Waals surface area contributed by atoms with Crippen LogP contribution in [0.25, 0.3) is 10.2 Å². The quantitative estimate of drug-likeness (QED) is 0.586. The van der Waals surface area contributed by atoms with Crippen molar-refractivity contribution >= 4 is 38.3 Å². The number of benzene rings is 1. The minimum Gasteiger partial charge on any atom is -0.298 e. The van der Waals surface area contributed by atoms with E-state index in [0.29, 0.717) is 20.9 Å². The number of fused-ring (bicyclic) bond motifs is 1. The predicted molar refractivity (Wildman–Crippen MR) is 76.3 cm³/mol. The van der Waals surface area contributed by atoms with Crippen molar-refractivity contribution in [2.45, 2.75) is 0 Å². The van der Waals surface area contributed by atoms with Gasteiger partial charge in [-0.05, 0) is 6.07 Å². The third kappa shape index (κ3) is 2.67. The lowest BCUT2D eigenvalue weighted by molar-refractivity contribution is -0.384. The summed E-state index contributed by atoms with van der Waals surface area (Å²) >= 11 is 1.16. The first-order valence-corrected chi connectivity index (χ1v) is 6.56. The van der Waals surface area contributed by atoms with Crippen LogP contribution in [0.2, 0.25) is 0 Å². The Morgan fingerprint density at radius 1 is 1.29 bits per heavy atom. The Labute approximate surface area is 121 Å². The van der Waals surface area contributed by atoms with Crippen LogP contribution in [0.5, 0.6) is 0 Å². The van der Waals surface area contributed by atoms with E-state index in [2.05, 4.69) is 20.3 Å². The second-order valence-electron chi connectivity index (χ2n) is 4.01. The van der Waals surface area contributed by atoms with Crippen molar-refractivity contribution in [1.29, 1.82) is 0 Å². The molecule has 104 valence electrons. The van der Waals surface area contributed by atoms with E-state index in [-0.39, 0.29) is 11.6 Å². The zero-order valence-electron chi connectivity index (χ0n) is 10.4. The molecule has 0 aliphatic carbocycles. The number of nitrogens with zero attached hydrogens (tertiary/aromatic N) is 4. The van der Waals surface area contributed by atoms with Gasteiger partial charge in [-0.25, -0.2) is 15.0 Å². The first-order valence-electron chi connectivity index (χ1n) is 5.75. The first-order chi connectivity index (χ1) is 10.1. The van der Waals surface area contributed by atoms with Gasteiger partial charge >= 0.3 is 0 Å². The number of non-ortho nitro benzene ring substituents is 1. The molecule has 8 nitrogen and oxygen atoms in total.